The summed E-state index contributed by atoms with van der Waals surface area (Å²) in [5.74, 6) is -2.58. The first-order chi connectivity index (χ1) is 11.0. The van der Waals surface area contributed by atoms with Crippen molar-refractivity contribution in [1.29, 1.82) is 0 Å². The van der Waals surface area contributed by atoms with Crippen LogP contribution in [0.25, 0.3) is 0 Å². The number of unbranched alkanes of at least 4 members (excludes halogenated alkanes) is 7. The van der Waals surface area contributed by atoms with Crippen LogP contribution in [0.4, 0.5) is 0 Å². The van der Waals surface area contributed by atoms with Crippen LogP contribution in [0.15, 0.2) is 0 Å². The van der Waals surface area contributed by atoms with Gasteiger partial charge in [0.15, 0.2) is 5.41 Å². The van der Waals surface area contributed by atoms with E-state index in [9.17, 15) is 19.8 Å². The quantitative estimate of drug-likeness (QED) is 0.274. The van der Waals surface area contributed by atoms with Crippen LogP contribution in [0.3, 0.4) is 0 Å². The predicted molar refractivity (Wildman–Crippen MR) is 94.7 cm³/mol. The molecular weight excluding hydrogens is 299 g/mol. The third-order valence-electron chi connectivity index (χ3n) is 5.03. The van der Waals surface area contributed by atoms with E-state index < -0.39 is 17.4 Å². The largest absolute Gasteiger partial charge is 1.00 e. The minimum atomic E-state index is -1.60. The molecule has 5 heteroatoms. The van der Waals surface area contributed by atoms with Crippen molar-refractivity contribution in [2.45, 2.75) is 97.8 Å². The van der Waals surface area contributed by atoms with Crippen molar-refractivity contribution in [3.05, 3.63) is 0 Å². The van der Waals surface area contributed by atoms with E-state index in [1.165, 1.54) is 12.8 Å². The summed E-state index contributed by atoms with van der Waals surface area (Å²) < 4.78 is 0. The van der Waals surface area contributed by atoms with Crippen LogP contribution in [0.2, 0.25) is 0 Å². The third-order valence-corrected chi connectivity index (χ3v) is 5.03. The van der Waals surface area contributed by atoms with Crippen LogP contribution in [0, 0.1) is 11.3 Å². The Balaban J connectivity index is -0.00000242. The molecule has 0 saturated heterocycles. The Morgan fingerprint density at radius 3 is 1.75 bits per heavy atom. The molecule has 0 aliphatic carbocycles. The summed E-state index contributed by atoms with van der Waals surface area (Å²) in [6.07, 6.45) is 10.7. The van der Waals surface area contributed by atoms with Gasteiger partial charge in [0, 0.05) is 0 Å². The number of carboxylic acids is 2. The smallest absolute Gasteiger partial charge is 1.00 e. The molecule has 0 rings (SSSR count). The van der Waals surface area contributed by atoms with Gasteiger partial charge in [0.05, 0.1) is 0 Å². The van der Waals surface area contributed by atoms with Crippen LogP contribution in [-0.4, -0.2) is 22.2 Å². The molecule has 138 valence electrons. The minimum Gasteiger partial charge on any atom is -1.00 e. The second-order valence-electron chi connectivity index (χ2n) is 6.70. The molecule has 0 spiro atoms. The minimum absolute atomic E-state index is 0. The van der Waals surface area contributed by atoms with E-state index in [0.717, 1.165) is 38.5 Å². The van der Waals surface area contributed by atoms with E-state index in [4.69, 9.17) is 0 Å². The number of hydrogen-bond donors (Lipinski definition) is 2. The Labute approximate surface area is 161 Å². The molecule has 0 aromatic rings. The van der Waals surface area contributed by atoms with Gasteiger partial charge in [-0.1, -0.05) is 85.0 Å². The SMILES string of the molecule is CCCCCCCCC(C(=O)O)(C(=O)O)C(CC)CCCCC.[H-].[Li+]. The summed E-state index contributed by atoms with van der Waals surface area (Å²) >= 11 is 0. The Morgan fingerprint density at radius 1 is 0.833 bits per heavy atom. The van der Waals surface area contributed by atoms with Gasteiger partial charge in [-0.2, -0.15) is 0 Å². The number of carbonyl (C=O) groups is 2. The number of hydrogen-bond acceptors (Lipinski definition) is 2. The second-order valence-corrected chi connectivity index (χ2v) is 6.70. The van der Waals surface area contributed by atoms with Crippen LogP contribution < -0.4 is 18.9 Å². The van der Waals surface area contributed by atoms with Gasteiger partial charge in [0.25, 0.3) is 0 Å². The standard InChI is InChI=1S/C19H36O4.Li.H/c1-4-7-9-10-11-13-15-19(17(20)21,18(22)23)16(6-3)14-12-8-5-2;;/h16H,4-15H2,1-3H3,(H,20,21)(H,22,23);;/q;+1;-1. The van der Waals surface area contributed by atoms with Crippen molar-refractivity contribution in [2.75, 3.05) is 0 Å². The van der Waals surface area contributed by atoms with Crippen molar-refractivity contribution in [2.24, 2.45) is 11.3 Å². The zero-order valence-electron chi connectivity index (χ0n) is 17.3. The molecule has 0 aromatic heterocycles. The fourth-order valence-electron chi connectivity index (χ4n) is 3.48. The van der Waals surface area contributed by atoms with Gasteiger partial charge in [-0.3, -0.25) is 9.59 Å². The monoisotopic (exact) mass is 336 g/mol. The van der Waals surface area contributed by atoms with Crippen molar-refractivity contribution in [1.82, 2.24) is 0 Å². The number of carboxylic acid groups (broad SMARTS) is 2. The van der Waals surface area contributed by atoms with Crippen molar-refractivity contribution < 1.29 is 40.1 Å². The fraction of sp³-hybridized carbons (Fsp3) is 0.895. The van der Waals surface area contributed by atoms with Gasteiger partial charge < -0.3 is 11.6 Å². The van der Waals surface area contributed by atoms with Crippen LogP contribution in [-0.2, 0) is 9.59 Å². The average Bonchev–Trinajstić information content (AvgIpc) is 2.51. The molecule has 0 aliphatic rings. The first-order valence-corrected chi connectivity index (χ1v) is 9.44. The topological polar surface area (TPSA) is 74.6 Å². The second kappa shape index (κ2) is 14.8. The first kappa shape index (κ1) is 25.8. The summed E-state index contributed by atoms with van der Waals surface area (Å²) in [6.45, 7) is 6.17. The molecular formula is C19H37LiO4. The van der Waals surface area contributed by atoms with Gasteiger partial charge in [-0.05, 0) is 18.8 Å². The normalized spacial score (nSPS) is 12.5. The molecule has 0 bridgehead atoms. The van der Waals surface area contributed by atoms with E-state index in [1.807, 2.05) is 6.92 Å². The summed E-state index contributed by atoms with van der Waals surface area (Å²) in [7, 11) is 0. The zero-order valence-corrected chi connectivity index (χ0v) is 16.3. The molecule has 2 N–H and O–H groups in total. The van der Waals surface area contributed by atoms with Crippen molar-refractivity contribution >= 4 is 11.9 Å². The molecule has 0 heterocycles. The Hall–Kier alpha value is -0.463. The zero-order chi connectivity index (χ0) is 17.7. The van der Waals surface area contributed by atoms with Crippen LogP contribution in [0.5, 0.6) is 0 Å². The summed E-state index contributed by atoms with van der Waals surface area (Å²) in [6, 6.07) is 0. The summed E-state index contributed by atoms with van der Waals surface area (Å²) in [5, 5.41) is 19.4. The Morgan fingerprint density at radius 2 is 1.29 bits per heavy atom. The number of aliphatic carboxylic acids is 2. The Bertz CT molecular complexity index is 336. The first-order valence-electron chi connectivity index (χ1n) is 9.44. The van der Waals surface area contributed by atoms with Gasteiger partial charge >= 0.3 is 30.8 Å². The summed E-state index contributed by atoms with van der Waals surface area (Å²) in [4.78, 5) is 23.8. The maximum Gasteiger partial charge on any atom is 1.00 e. The Kier molecular flexibility index (Phi) is 15.9. The molecule has 24 heavy (non-hydrogen) atoms. The van der Waals surface area contributed by atoms with Crippen molar-refractivity contribution in [3.8, 4) is 0 Å². The maximum absolute atomic E-state index is 11.9. The predicted octanol–water partition coefficient (Wildman–Crippen LogP) is 2.62. The van der Waals surface area contributed by atoms with Gasteiger partial charge in [0.2, 0.25) is 0 Å². The molecule has 1 atom stereocenters. The third kappa shape index (κ3) is 8.08. The average molecular weight is 336 g/mol. The fourth-order valence-corrected chi connectivity index (χ4v) is 3.48. The van der Waals surface area contributed by atoms with E-state index in [1.54, 1.807) is 0 Å². The van der Waals surface area contributed by atoms with E-state index in [0.29, 0.717) is 19.3 Å². The van der Waals surface area contributed by atoms with E-state index in [2.05, 4.69) is 13.8 Å². The van der Waals surface area contributed by atoms with Crippen LogP contribution in [0.1, 0.15) is 99.2 Å². The van der Waals surface area contributed by atoms with Gasteiger partial charge in [-0.25, -0.2) is 0 Å². The maximum atomic E-state index is 11.9. The van der Waals surface area contributed by atoms with Crippen molar-refractivity contribution in [3.63, 3.8) is 0 Å². The molecule has 4 nitrogen and oxygen atoms in total. The van der Waals surface area contributed by atoms with E-state index in [-0.39, 0.29) is 32.6 Å². The molecule has 0 amide bonds. The molecule has 0 aliphatic heterocycles. The molecule has 0 fully saturated rings. The number of rotatable bonds is 15. The summed E-state index contributed by atoms with van der Waals surface area (Å²) in [5.41, 5.74) is -1.60. The molecule has 0 aromatic carbocycles. The molecule has 0 radical (unpaired) electrons. The van der Waals surface area contributed by atoms with Gasteiger partial charge in [-0.15, -0.1) is 0 Å². The molecule has 0 saturated carbocycles. The van der Waals surface area contributed by atoms with Gasteiger partial charge in [0.1, 0.15) is 0 Å². The van der Waals surface area contributed by atoms with E-state index >= 15 is 0 Å². The van der Waals surface area contributed by atoms with Crippen LogP contribution >= 0.6 is 0 Å². The molecule has 1 unspecified atom stereocenters.